The minimum Gasteiger partial charge on any atom is -0.506 e. The fourth-order valence-corrected chi connectivity index (χ4v) is 6.30. The third-order valence-corrected chi connectivity index (χ3v) is 7.15. The van der Waals surface area contributed by atoms with Crippen LogP contribution in [0.4, 0.5) is 0 Å². The molecule has 0 spiro atoms. The van der Waals surface area contributed by atoms with Gasteiger partial charge in [0, 0.05) is 12.8 Å². The predicted octanol–water partition coefficient (Wildman–Crippen LogP) is 4.58. The first-order valence-corrected chi connectivity index (χ1v) is 12.9. The van der Waals surface area contributed by atoms with Gasteiger partial charge in [-0.2, -0.15) is 0 Å². The molecule has 0 fully saturated rings. The smallest absolute Gasteiger partial charge is 0.326 e. The third kappa shape index (κ3) is 8.02. The van der Waals surface area contributed by atoms with Crippen LogP contribution in [0.1, 0.15) is 18.4 Å². The van der Waals surface area contributed by atoms with Gasteiger partial charge < -0.3 is 25.4 Å². The van der Waals surface area contributed by atoms with Gasteiger partial charge in [-0.15, -0.1) is 0 Å². The van der Waals surface area contributed by atoms with Crippen molar-refractivity contribution in [3.8, 4) is 17.2 Å². The molecule has 0 aliphatic rings. The maximum Gasteiger partial charge on any atom is 0.326 e. The zero-order valence-corrected chi connectivity index (χ0v) is 24.1. The number of carbonyl (C=O) groups is 3. The molecule has 2 aromatic carbocycles. The minimum atomic E-state index is -1.21. The number of carboxylic acid groups (broad SMARTS) is 2. The molecule has 2 rings (SSSR count). The summed E-state index contributed by atoms with van der Waals surface area (Å²) >= 11 is 8.21. The van der Waals surface area contributed by atoms with Crippen molar-refractivity contribution >= 4 is 108 Å². The van der Waals surface area contributed by atoms with Crippen LogP contribution in [0.5, 0.6) is 17.2 Å². The molecular formula is C19H15I4NO7. The van der Waals surface area contributed by atoms with Crippen molar-refractivity contribution in [3.63, 3.8) is 0 Å². The standard InChI is InChI=1S/C19H15I4NO7/c20-10-6-9(7-11(21)17(10)28)31-18-12(22)3-8(4-13(18)23)5-14(19(29)30)24-15(25)1-2-16(26)27/h3-4,6-7,14,28H,1-2,5H2,(H,24,25)(H,26,27)(H,29,30). The summed E-state index contributed by atoms with van der Waals surface area (Å²) in [6, 6.07) is 5.79. The Morgan fingerprint density at radius 1 is 0.903 bits per heavy atom. The van der Waals surface area contributed by atoms with E-state index in [1.54, 1.807) is 24.3 Å². The number of phenolic OH excluding ortho intramolecular Hbond substituents is 1. The van der Waals surface area contributed by atoms with Gasteiger partial charge in [-0.3, -0.25) is 9.59 Å². The van der Waals surface area contributed by atoms with Crippen LogP contribution < -0.4 is 10.1 Å². The fraction of sp³-hybridized carbons (Fsp3) is 0.211. The van der Waals surface area contributed by atoms with Gasteiger partial charge in [0.25, 0.3) is 0 Å². The second kappa shape index (κ2) is 12.0. The monoisotopic (exact) mass is 877 g/mol. The van der Waals surface area contributed by atoms with Gasteiger partial charge in [0.1, 0.15) is 17.5 Å². The van der Waals surface area contributed by atoms with E-state index in [1.807, 2.05) is 45.2 Å². The highest BCUT2D eigenvalue weighted by Gasteiger charge is 2.22. The lowest BCUT2D eigenvalue weighted by molar-refractivity contribution is -0.142. The predicted molar refractivity (Wildman–Crippen MR) is 146 cm³/mol. The van der Waals surface area contributed by atoms with Crippen LogP contribution in [0.15, 0.2) is 24.3 Å². The molecule has 0 heterocycles. The molecule has 0 aliphatic carbocycles. The molecule has 4 N–H and O–H groups in total. The highest BCUT2D eigenvalue weighted by Crippen LogP contribution is 2.37. The van der Waals surface area contributed by atoms with E-state index >= 15 is 0 Å². The summed E-state index contributed by atoms with van der Waals surface area (Å²) in [5.74, 6) is -1.61. The zero-order chi connectivity index (χ0) is 23.3. The first-order chi connectivity index (χ1) is 14.5. The second-order valence-electron chi connectivity index (χ2n) is 6.28. The number of halogens is 4. The molecular weight excluding hydrogens is 862 g/mol. The molecule has 1 unspecified atom stereocenters. The molecule has 1 amide bonds. The van der Waals surface area contributed by atoms with Gasteiger partial charge in [0.05, 0.1) is 20.7 Å². The number of aromatic hydroxyl groups is 1. The molecule has 0 aromatic heterocycles. The van der Waals surface area contributed by atoms with Crippen molar-refractivity contribution in [1.29, 1.82) is 0 Å². The van der Waals surface area contributed by atoms with E-state index in [9.17, 15) is 24.6 Å². The highest BCUT2D eigenvalue weighted by molar-refractivity contribution is 14.1. The molecule has 2 aromatic rings. The Hall–Kier alpha value is -0.630. The number of hydrogen-bond donors (Lipinski definition) is 4. The summed E-state index contributed by atoms with van der Waals surface area (Å²) in [6.45, 7) is 0. The third-order valence-electron chi connectivity index (χ3n) is 3.91. The Morgan fingerprint density at radius 3 is 1.94 bits per heavy atom. The largest absolute Gasteiger partial charge is 0.506 e. The Kier molecular flexibility index (Phi) is 10.3. The van der Waals surface area contributed by atoms with Crippen molar-refractivity contribution in [2.24, 2.45) is 0 Å². The van der Waals surface area contributed by atoms with E-state index < -0.39 is 23.9 Å². The number of nitrogens with one attached hydrogen (secondary N) is 1. The van der Waals surface area contributed by atoms with E-state index in [0.29, 0.717) is 24.2 Å². The number of amides is 1. The molecule has 8 nitrogen and oxygen atoms in total. The van der Waals surface area contributed by atoms with Crippen LogP contribution >= 0.6 is 90.4 Å². The molecule has 166 valence electrons. The molecule has 0 radical (unpaired) electrons. The average molecular weight is 877 g/mol. The second-order valence-corrected chi connectivity index (χ2v) is 10.9. The van der Waals surface area contributed by atoms with Gasteiger partial charge in [0.15, 0.2) is 5.75 Å². The lowest BCUT2D eigenvalue weighted by Gasteiger charge is -2.17. The van der Waals surface area contributed by atoms with E-state index in [0.717, 1.165) is 7.14 Å². The Bertz CT molecular complexity index is 982. The fourth-order valence-electron chi connectivity index (χ4n) is 2.47. The first-order valence-electron chi connectivity index (χ1n) is 8.55. The van der Waals surface area contributed by atoms with Gasteiger partial charge in [-0.25, -0.2) is 4.79 Å². The van der Waals surface area contributed by atoms with Gasteiger partial charge in [-0.05, 0) is 120 Å². The quantitative estimate of drug-likeness (QED) is 0.272. The Balaban J connectivity index is 2.19. The van der Waals surface area contributed by atoms with Crippen LogP contribution in [0.3, 0.4) is 0 Å². The molecule has 0 saturated carbocycles. The number of carbonyl (C=O) groups excluding carboxylic acids is 1. The van der Waals surface area contributed by atoms with Crippen LogP contribution in [0, 0.1) is 14.3 Å². The number of benzene rings is 2. The van der Waals surface area contributed by atoms with Gasteiger partial charge >= 0.3 is 11.9 Å². The van der Waals surface area contributed by atoms with Crippen LogP contribution in [-0.2, 0) is 20.8 Å². The molecule has 1 atom stereocenters. The number of hydrogen-bond acceptors (Lipinski definition) is 5. The maximum absolute atomic E-state index is 11.8. The van der Waals surface area contributed by atoms with Crippen molar-refractivity contribution < 1.29 is 34.4 Å². The lowest BCUT2D eigenvalue weighted by atomic mass is 10.1. The summed E-state index contributed by atoms with van der Waals surface area (Å²) in [6.07, 6.45) is -0.615. The minimum absolute atomic E-state index is 0.0371. The number of carboxylic acids is 2. The molecule has 31 heavy (non-hydrogen) atoms. The average Bonchev–Trinajstić information content (AvgIpc) is 2.66. The van der Waals surface area contributed by atoms with Crippen LogP contribution in [0.25, 0.3) is 0 Å². The number of aliphatic carboxylic acids is 2. The summed E-state index contributed by atoms with van der Waals surface area (Å²) < 4.78 is 8.82. The lowest BCUT2D eigenvalue weighted by Crippen LogP contribution is -2.42. The maximum atomic E-state index is 11.8. The van der Waals surface area contributed by atoms with Crippen LogP contribution in [0.2, 0.25) is 0 Å². The molecule has 0 aliphatic heterocycles. The van der Waals surface area contributed by atoms with Gasteiger partial charge in [-0.1, -0.05) is 0 Å². The number of phenols is 1. The Morgan fingerprint density at radius 2 is 1.45 bits per heavy atom. The van der Waals surface area contributed by atoms with Crippen molar-refractivity contribution in [2.45, 2.75) is 25.3 Å². The first kappa shape index (κ1) is 26.6. The van der Waals surface area contributed by atoms with E-state index in [1.165, 1.54) is 0 Å². The van der Waals surface area contributed by atoms with Crippen molar-refractivity contribution in [3.05, 3.63) is 44.1 Å². The van der Waals surface area contributed by atoms with Crippen molar-refractivity contribution in [1.82, 2.24) is 5.32 Å². The SMILES string of the molecule is O=C(O)CCC(=O)NC(Cc1cc(I)c(Oc2cc(I)c(O)c(I)c2)c(I)c1)C(=O)O. The number of ether oxygens (including phenoxy) is 1. The normalized spacial score (nSPS) is 11.6. The number of rotatable bonds is 9. The topological polar surface area (TPSA) is 133 Å². The summed E-state index contributed by atoms with van der Waals surface area (Å²) in [5, 5.41) is 30.4. The summed E-state index contributed by atoms with van der Waals surface area (Å²) in [5.41, 5.74) is 0.682. The van der Waals surface area contributed by atoms with E-state index in [2.05, 4.69) is 50.5 Å². The Labute approximate surface area is 232 Å². The van der Waals surface area contributed by atoms with Crippen molar-refractivity contribution in [2.75, 3.05) is 0 Å². The molecule has 12 heteroatoms. The van der Waals surface area contributed by atoms with Crippen LogP contribution in [-0.4, -0.2) is 39.2 Å². The summed E-state index contributed by atoms with van der Waals surface area (Å²) in [7, 11) is 0. The highest BCUT2D eigenvalue weighted by atomic mass is 127. The molecule has 0 bridgehead atoms. The van der Waals surface area contributed by atoms with E-state index in [-0.39, 0.29) is 25.0 Å². The zero-order valence-electron chi connectivity index (χ0n) is 15.5. The van der Waals surface area contributed by atoms with Gasteiger partial charge in [0.2, 0.25) is 5.91 Å². The summed E-state index contributed by atoms with van der Waals surface area (Å²) in [4.78, 5) is 34.0. The van der Waals surface area contributed by atoms with E-state index in [4.69, 9.17) is 9.84 Å². The molecule has 0 saturated heterocycles.